The second kappa shape index (κ2) is 7.32. The summed E-state index contributed by atoms with van der Waals surface area (Å²) in [6, 6.07) is 15.0. The molecule has 0 radical (unpaired) electrons. The minimum absolute atomic E-state index is 0.248. The molecule has 25 heavy (non-hydrogen) atoms. The molecule has 4 nitrogen and oxygen atoms in total. The fraction of sp³-hybridized carbons (Fsp3) is 0.0526. The Bertz CT molecular complexity index is 914. The van der Waals surface area contributed by atoms with Crippen LogP contribution in [0.3, 0.4) is 0 Å². The lowest BCUT2D eigenvalue weighted by atomic mass is 10.0. The predicted molar refractivity (Wildman–Crippen MR) is 95.6 cm³/mol. The van der Waals surface area contributed by atoms with Gasteiger partial charge in [-0.3, -0.25) is 4.79 Å². The Balaban J connectivity index is 1.81. The van der Waals surface area contributed by atoms with Gasteiger partial charge in [-0.25, -0.2) is 9.37 Å². The van der Waals surface area contributed by atoms with Crippen molar-refractivity contribution in [1.82, 2.24) is 4.98 Å². The number of hydrogen-bond acceptors (Lipinski definition) is 3. The van der Waals surface area contributed by atoms with E-state index in [1.54, 1.807) is 31.4 Å². The number of pyridine rings is 1. The van der Waals surface area contributed by atoms with E-state index in [1.807, 2.05) is 18.2 Å². The number of carbonyl (C=O) groups excluding carboxylic acids is 1. The van der Waals surface area contributed by atoms with Crippen LogP contribution in [-0.2, 0) is 0 Å². The van der Waals surface area contributed by atoms with Crippen molar-refractivity contribution in [1.29, 1.82) is 0 Å². The number of nitrogens with one attached hydrogen (secondary N) is 1. The highest BCUT2D eigenvalue weighted by Gasteiger charge is 2.13. The van der Waals surface area contributed by atoms with Crippen molar-refractivity contribution in [2.24, 2.45) is 0 Å². The molecule has 1 heterocycles. The van der Waals surface area contributed by atoms with Gasteiger partial charge < -0.3 is 10.1 Å². The second-order valence-electron chi connectivity index (χ2n) is 5.21. The number of rotatable bonds is 4. The molecule has 0 atom stereocenters. The van der Waals surface area contributed by atoms with Gasteiger partial charge in [0.1, 0.15) is 5.75 Å². The zero-order valence-corrected chi connectivity index (χ0v) is 14.0. The number of aromatic nitrogens is 1. The lowest BCUT2D eigenvalue weighted by Gasteiger charge is -2.09. The van der Waals surface area contributed by atoms with E-state index in [0.29, 0.717) is 16.5 Å². The summed E-state index contributed by atoms with van der Waals surface area (Å²) in [5, 5.41) is 3.21. The average molecular weight is 357 g/mol. The van der Waals surface area contributed by atoms with E-state index >= 15 is 0 Å². The Hall–Kier alpha value is -2.92. The van der Waals surface area contributed by atoms with Crippen LogP contribution in [0.2, 0.25) is 5.02 Å². The lowest BCUT2D eigenvalue weighted by Crippen LogP contribution is -2.15. The molecule has 0 aliphatic rings. The SMILES string of the molecule is COc1ccc(Cl)c(-c2ccc(NC(=O)c3ncccc3F)cc2)c1. The Kier molecular flexibility index (Phi) is 4.95. The first kappa shape index (κ1) is 16.9. The number of methoxy groups -OCH3 is 1. The summed E-state index contributed by atoms with van der Waals surface area (Å²) in [7, 11) is 1.59. The van der Waals surface area contributed by atoms with E-state index in [-0.39, 0.29) is 5.69 Å². The van der Waals surface area contributed by atoms with E-state index in [0.717, 1.165) is 11.1 Å². The molecule has 0 unspecified atom stereocenters. The molecule has 3 rings (SSSR count). The molecule has 0 fully saturated rings. The zero-order chi connectivity index (χ0) is 17.8. The van der Waals surface area contributed by atoms with Crippen molar-refractivity contribution in [3.8, 4) is 16.9 Å². The molecule has 0 saturated carbocycles. The van der Waals surface area contributed by atoms with Crippen LogP contribution in [0.4, 0.5) is 10.1 Å². The molecule has 0 bridgehead atoms. The molecule has 0 saturated heterocycles. The first-order valence-corrected chi connectivity index (χ1v) is 7.82. The normalized spacial score (nSPS) is 10.4. The number of amides is 1. The van der Waals surface area contributed by atoms with Gasteiger partial charge >= 0.3 is 0 Å². The van der Waals surface area contributed by atoms with Crippen molar-refractivity contribution in [3.63, 3.8) is 0 Å². The molecule has 0 aliphatic carbocycles. The van der Waals surface area contributed by atoms with Crippen molar-refractivity contribution in [3.05, 3.63) is 77.3 Å². The van der Waals surface area contributed by atoms with Crippen molar-refractivity contribution in [2.45, 2.75) is 0 Å². The molecule has 0 aliphatic heterocycles. The molecule has 3 aromatic rings. The molecular formula is C19H14ClFN2O2. The summed E-state index contributed by atoms with van der Waals surface area (Å²) < 4.78 is 18.8. The predicted octanol–water partition coefficient (Wildman–Crippen LogP) is 4.80. The third kappa shape index (κ3) is 3.78. The lowest BCUT2D eigenvalue weighted by molar-refractivity contribution is 0.101. The number of hydrogen-bond donors (Lipinski definition) is 1. The van der Waals surface area contributed by atoms with Gasteiger partial charge in [-0.15, -0.1) is 0 Å². The zero-order valence-electron chi connectivity index (χ0n) is 13.3. The molecule has 1 amide bonds. The highest BCUT2D eigenvalue weighted by molar-refractivity contribution is 6.33. The third-order valence-corrected chi connectivity index (χ3v) is 3.93. The maximum absolute atomic E-state index is 13.6. The third-order valence-electron chi connectivity index (χ3n) is 3.60. The topological polar surface area (TPSA) is 51.2 Å². The largest absolute Gasteiger partial charge is 0.497 e. The second-order valence-corrected chi connectivity index (χ2v) is 5.62. The van der Waals surface area contributed by atoms with E-state index in [2.05, 4.69) is 10.3 Å². The quantitative estimate of drug-likeness (QED) is 0.730. The smallest absolute Gasteiger partial charge is 0.277 e. The highest BCUT2D eigenvalue weighted by atomic mass is 35.5. The first-order valence-electron chi connectivity index (χ1n) is 7.44. The molecule has 0 spiro atoms. The van der Waals surface area contributed by atoms with Gasteiger partial charge in [-0.1, -0.05) is 23.7 Å². The Morgan fingerprint density at radius 2 is 1.92 bits per heavy atom. The van der Waals surface area contributed by atoms with Gasteiger partial charge in [0.05, 0.1) is 7.11 Å². The van der Waals surface area contributed by atoms with Gasteiger partial charge in [-0.2, -0.15) is 0 Å². The summed E-state index contributed by atoms with van der Waals surface area (Å²) in [6.45, 7) is 0. The van der Waals surface area contributed by atoms with E-state index in [4.69, 9.17) is 16.3 Å². The number of ether oxygens (including phenoxy) is 1. The van der Waals surface area contributed by atoms with Crippen LogP contribution in [0.25, 0.3) is 11.1 Å². The molecule has 126 valence electrons. The monoisotopic (exact) mass is 356 g/mol. The van der Waals surface area contributed by atoms with Crippen LogP contribution >= 0.6 is 11.6 Å². The number of nitrogens with zero attached hydrogens (tertiary/aromatic N) is 1. The minimum atomic E-state index is -0.667. The van der Waals surface area contributed by atoms with E-state index in [1.165, 1.54) is 18.3 Å². The van der Waals surface area contributed by atoms with E-state index < -0.39 is 11.7 Å². The number of halogens is 2. The van der Waals surface area contributed by atoms with Crippen LogP contribution < -0.4 is 10.1 Å². The molecular weight excluding hydrogens is 343 g/mol. The van der Waals surface area contributed by atoms with Crippen LogP contribution in [0.1, 0.15) is 10.5 Å². The van der Waals surface area contributed by atoms with E-state index in [9.17, 15) is 9.18 Å². The van der Waals surface area contributed by atoms with Gasteiger partial charge in [0, 0.05) is 22.5 Å². The first-order chi connectivity index (χ1) is 12.1. The summed E-state index contributed by atoms with van der Waals surface area (Å²) in [4.78, 5) is 15.8. The molecule has 1 N–H and O–H groups in total. The summed E-state index contributed by atoms with van der Waals surface area (Å²) in [5.74, 6) is -0.576. The molecule has 6 heteroatoms. The number of carbonyl (C=O) groups is 1. The maximum atomic E-state index is 13.6. The Morgan fingerprint density at radius 3 is 2.60 bits per heavy atom. The standard InChI is InChI=1S/C19H14ClFN2O2/c1-25-14-8-9-16(20)15(11-14)12-4-6-13(7-5-12)23-19(24)18-17(21)3-2-10-22-18/h2-11H,1H3,(H,23,24). The average Bonchev–Trinajstić information content (AvgIpc) is 2.63. The minimum Gasteiger partial charge on any atom is -0.497 e. The van der Waals surface area contributed by atoms with Crippen LogP contribution in [0.5, 0.6) is 5.75 Å². The fourth-order valence-corrected chi connectivity index (χ4v) is 2.56. The summed E-state index contributed by atoms with van der Waals surface area (Å²) in [6.07, 6.45) is 1.37. The number of benzene rings is 2. The Labute approximate surface area is 149 Å². The van der Waals surface area contributed by atoms with Crippen molar-refractivity contribution in [2.75, 3.05) is 12.4 Å². The molecule has 1 aromatic heterocycles. The van der Waals surface area contributed by atoms with Crippen LogP contribution in [0, 0.1) is 5.82 Å². The van der Waals surface area contributed by atoms with Crippen LogP contribution in [-0.4, -0.2) is 18.0 Å². The maximum Gasteiger partial charge on any atom is 0.277 e. The summed E-state index contributed by atoms with van der Waals surface area (Å²) in [5.41, 5.74) is 1.96. The van der Waals surface area contributed by atoms with Crippen molar-refractivity contribution >= 4 is 23.2 Å². The Morgan fingerprint density at radius 1 is 1.16 bits per heavy atom. The highest BCUT2D eigenvalue weighted by Crippen LogP contribution is 2.32. The summed E-state index contributed by atoms with van der Waals surface area (Å²) >= 11 is 6.23. The van der Waals surface area contributed by atoms with Crippen LogP contribution in [0.15, 0.2) is 60.8 Å². The molecule has 2 aromatic carbocycles. The van der Waals surface area contributed by atoms with Gasteiger partial charge in [-0.05, 0) is 48.0 Å². The van der Waals surface area contributed by atoms with Gasteiger partial charge in [0.2, 0.25) is 0 Å². The van der Waals surface area contributed by atoms with Gasteiger partial charge in [0.15, 0.2) is 11.5 Å². The fourth-order valence-electron chi connectivity index (χ4n) is 2.33. The number of anilines is 1. The van der Waals surface area contributed by atoms with Crippen molar-refractivity contribution < 1.29 is 13.9 Å². The van der Waals surface area contributed by atoms with Gasteiger partial charge in [0.25, 0.3) is 5.91 Å².